The summed E-state index contributed by atoms with van der Waals surface area (Å²) in [5.41, 5.74) is 0. The van der Waals surface area contributed by atoms with Crippen molar-refractivity contribution in [2.45, 2.75) is 65.0 Å². The highest BCUT2D eigenvalue weighted by Crippen LogP contribution is 2.28. The molecule has 1 aliphatic carbocycles. The van der Waals surface area contributed by atoms with Crippen LogP contribution in [0.1, 0.15) is 52.9 Å². The van der Waals surface area contributed by atoms with E-state index in [1.165, 1.54) is 25.7 Å². The maximum absolute atomic E-state index is 12.4. The van der Waals surface area contributed by atoms with Gasteiger partial charge >= 0.3 is 0 Å². The van der Waals surface area contributed by atoms with Crippen LogP contribution in [-0.4, -0.2) is 35.3 Å². The Hall–Kier alpha value is -1.06. The fraction of sp³-hybridized carbons (Fsp3) is 0.867. The van der Waals surface area contributed by atoms with Crippen molar-refractivity contribution in [2.24, 2.45) is 11.8 Å². The van der Waals surface area contributed by atoms with Gasteiger partial charge in [0, 0.05) is 6.54 Å². The van der Waals surface area contributed by atoms with Gasteiger partial charge in [-0.05, 0) is 25.2 Å². The van der Waals surface area contributed by atoms with Crippen LogP contribution in [-0.2, 0) is 9.59 Å². The first-order valence-corrected chi connectivity index (χ1v) is 7.61. The van der Waals surface area contributed by atoms with Crippen molar-refractivity contribution in [3.05, 3.63) is 0 Å². The first-order chi connectivity index (χ1) is 9.00. The van der Waals surface area contributed by atoms with Crippen molar-refractivity contribution in [3.63, 3.8) is 0 Å². The Bertz CT molecular complexity index is 348. The fourth-order valence-corrected chi connectivity index (χ4v) is 3.22. The predicted molar refractivity (Wildman–Crippen MR) is 74.5 cm³/mol. The molecule has 0 radical (unpaired) electrons. The molecule has 0 aromatic heterocycles. The smallest absolute Gasteiger partial charge is 0.246 e. The Kier molecular flexibility index (Phi) is 4.48. The number of carbonyl (C=O) groups is 2. The van der Waals surface area contributed by atoms with E-state index in [2.05, 4.69) is 5.32 Å². The lowest BCUT2D eigenvalue weighted by atomic mass is 9.97. The van der Waals surface area contributed by atoms with Crippen LogP contribution in [0.5, 0.6) is 0 Å². The summed E-state index contributed by atoms with van der Waals surface area (Å²) < 4.78 is 0. The summed E-state index contributed by atoms with van der Waals surface area (Å²) in [7, 11) is 0. The Morgan fingerprint density at radius 2 is 1.89 bits per heavy atom. The molecule has 1 aliphatic heterocycles. The molecule has 2 atom stereocenters. The van der Waals surface area contributed by atoms with Crippen LogP contribution in [0, 0.1) is 11.8 Å². The molecule has 1 N–H and O–H groups in total. The average Bonchev–Trinajstić information content (AvgIpc) is 2.86. The summed E-state index contributed by atoms with van der Waals surface area (Å²) in [6, 6.07) is -0.656. The van der Waals surface area contributed by atoms with Gasteiger partial charge in [0.25, 0.3) is 0 Å². The van der Waals surface area contributed by atoms with Gasteiger partial charge in [0.15, 0.2) is 0 Å². The van der Waals surface area contributed by atoms with E-state index in [1.807, 2.05) is 20.8 Å². The third kappa shape index (κ3) is 3.10. The maximum Gasteiger partial charge on any atom is 0.246 e. The molecule has 1 heterocycles. The Morgan fingerprint density at radius 3 is 2.47 bits per heavy atom. The van der Waals surface area contributed by atoms with Crippen molar-refractivity contribution < 1.29 is 9.59 Å². The van der Waals surface area contributed by atoms with Crippen LogP contribution in [0.3, 0.4) is 0 Å². The van der Waals surface area contributed by atoms with Crippen LogP contribution < -0.4 is 5.32 Å². The van der Waals surface area contributed by atoms with Gasteiger partial charge in [-0.15, -0.1) is 0 Å². The lowest BCUT2D eigenvalue weighted by Crippen LogP contribution is -2.64. The summed E-state index contributed by atoms with van der Waals surface area (Å²) in [4.78, 5) is 26.2. The third-order valence-electron chi connectivity index (χ3n) is 4.61. The van der Waals surface area contributed by atoms with E-state index in [0.29, 0.717) is 0 Å². The molecule has 2 fully saturated rings. The zero-order valence-corrected chi connectivity index (χ0v) is 12.3. The molecule has 2 unspecified atom stereocenters. The molecule has 4 nitrogen and oxygen atoms in total. The van der Waals surface area contributed by atoms with Crippen molar-refractivity contribution in [1.82, 2.24) is 10.2 Å². The first-order valence-electron chi connectivity index (χ1n) is 7.61. The molecule has 2 amide bonds. The minimum atomic E-state index is -0.340. The highest BCUT2D eigenvalue weighted by Gasteiger charge is 2.39. The third-order valence-corrected chi connectivity index (χ3v) is 4.61. The van der Waals surface area contributed by atoms with E-state index in [0.717, 1.165) is 18.9 Å². The van der Waals surface area contributed by atoms with Gasteiger partial charge in [0.05, 0.1) is 0 Å². The minimum absolute atomic E-state index is 0.00952. The maximum atomic E-state index is 12.4. The molecule has 0 aromatic carbocycles. The lowest BCUT2D eigenvalue weighted by molar-refractivity contribution is -0.150. The van der Waals surface area contributed by atoms with Crippen molar-refractivity contribution >= 4 is 11.8 Å². The summed E-state index contributed by atoms with van der Waals surface area (Å²) in [5.74, 6) is 0.991. The molecule has 0 aromatic rings. The highest BCUT2D eigenvalue weighted by molar-refractivity contribution is 5.96. The van der Waals surface area contributed by atoms with E-state index < -0.39 is 0 Å². The van der Waals surface area contributed by atoms with Crippen LogP contribution in [0.15, 0.2) is 0 Å². The van der Waals surface area contributed by atoms with Gasteiger partial charge in [-0.2, -0.15) is 0 Å². The van der Waals surface area contributed by atoms with Crippen LogP contribution in [0.2, 0.25) is 0 Å². The molecular formula is C15H26N2O2. The largest absolute Gasteiger partial charge is 0.342 e. The monoisotopic (exact) mass is 266 g/mol. The van der Waals surface area contributed by atoms with Crippen LogP contribution in [0.4, 0.5) is 0 Å². The number of piperazine rings is 1. The number of nitrogens with one attached hydrogen (secondary N) is 1. The molecule has 2 rings (SSSR count). The average molecular weight is 266 g/mol. The molecular weight excluding hydrogens is 240 g/mol. The number of hydrogen-bond acceptors (Lipinski definition) is 2. The van der Waals surface area contributed by atoms with Gasteiger partial charge in [0.2, 0.25) is 11.8 Å². The summed E-state index contributed by atoms with van der Waals surface area (Å²) in [5, 5.41) is 2.84. The number of amides is 2. The van der Waals surface area contributed by atoms with E-state index >= 15 is 0 Å². The minimum Gasteiger partial charge on any atom is -0.342 e. The van der Waals surface area contributed by atoms with Crippen molar-refractivity contribution in [2.75, 3.05) is 6.54 Å². The second-order valence-electron chi connectivity index (χ2n) is 6.38. The molecule has 1 saturated heterocycles. The van der Waals surface area contributed by atoms with Crippen molar-refractivity contribution in [1.29, 1.82) is 0 Å². The van der Waals surface area contributed by atoms with E-state index in [4.69, 9.17) is 0 Å². The van der Waals surface area contributed by atoms with Crippen LogP contribution in [0.25, 0.3) is 0 Å². The molecule has 19 heavy (non-hydrogen) atoms. The summed E-state index contributed by atoms with van der Waals surface area (Å²) in [6.07, 6.45) is 6.27. The Morgan fingerprint density at radius 1 is 1.26 bits per heavy atom. The standard InChI is InChI=1S/C15H26N2O2/c1-10(2)13-15(19)17(11(3)14(18)16-13)9-8-12-6-4-5-7-12/h10-13H,4-9H2,1-3H3,(H,16,18). The molecule has 0 spiro atoms. The first kappa shape index (κ1) is 14.4. The number of nitrogens with zero attached hydrogens (tertiary/aromatic N) is 1. The predicted octanol–water partition coefficient (Wildman–Crippen LogP) is 1.94. The van der Waals surface area contributed by atoms with E-state index in [-0.39, 0.29) is 29.8 Å². The molecule has 108 valence electrons. The number of carbonyl (C=O) groups excluding carboxylic acids is 2. The molecule has 2 aliphatic rings. The molecule has 4 heteroatoms. The number of rotatable bonds is 4. The van der Waals surface area contributed by atoms with Crippen LogP contribution >= 0.6 is 0 Å². The van der Waals surface area contributed by atoms with Gasteiger partial charge in [0.1, 0.15) is 12.1 Å². The normalized spacial score (nSPS) is 29.2. The lowest BCUT2D eigenvalue weighted by Gasteiger charge is -2.39. The number of hydrogen-bond donors (Lipinski definition) is 1. The zero-order valence-electron chi connectivity index (χ0n) is 12.3. The second-order valence-corrected chi connectivity index (χ2v) is 6.38. The topological polar surface area (TPSA) is 49.4 Å². The van der Waals surface area contributed by atoms with E-state index in [1.54, 1.807) is 4.90 Å². The zero-order chi connectivity index (χ0) is 14.0. The molecule has 1 saturated carbocycles. The van der Waals surface area contributed by atoms with Gasteiger partial charge in [-0.25, -0.2) is 0 Å². The van der Waals surface area contributed by atoms with Crippen molar-refractivity contribution in [3.8, 4) is 0 Å². The van der Waals surface area contributed by atoms with Gasteiger partial charge in [-0.3, -0.25) is 9.59 Å². The van der Waals surface area contributed by atoms with E-state index in [9.17, 15) is 9.59 Å². The summed E-state index contributed by atoms with van der Waals surface area (Å²) in [6.45, 7) is 6.53. The Balaban J connectivity index is 1.98. The van der Waals surface area contributed by atoms with Gasteiger partial charge < -0.3 is 10.2 Å². The highest BCUT2D eigenvalue weighted by atomic mass is 16.2. The SMILES string of the molecule is CC(C)C1NC(=O)C(C)N(CCC2CCCC2)C1=O. The quantitative estimate of drug-likeness (QED) is 0.845. The second kappa shape index (κ2) is 5.93. The summed E-state index contributed by atoms with van der Waals surface area (Å²) >= 11 is 0. The molecule has 0 bridgehead atoms. The Labute approximate surface area is 115 Å². The fourth-order valence-electron chi connectivity index (χ4n) is 3.22. The van der Waals surface area contributed by atoms with Gasteiger partial charge in [-0.1, -0.05) is 39.5 Å².